The number of nitrogens with zero attached hydrogens (tertiary/aromatic N) is 3. The first kappa shape index (κ1) is 20.6. The highest BCUT2D eigenvalue weighted by Crippen LogP contribution is 2.28. The molecule has 148 valence electrons. The molecule has 0 saturated heterocycles. The predicted molar refractivity (Wildman–Crippen MR) is 123 cm³/mol. The van der Waals surface area contributed by atoms with Crippen molar-refractivity contribution < 1.29 is 4.84 Å². The third-order valence-electron chi connectivity index (χ3n) is 4.02. The molecular formula is C20H14Cl3N3OS2. The summed E-state index contributed by atoms with van der Waals surface area (Å²) < 4.78 is 2.00. The van der Waals surface area contributed by atoms with Gasteiger partial charge in [-0.15, -0.1) is 11.3 Å². The zero-order valence-electron chi connectivity index (χ0n) is 14.9. The third-order valence-corrected chi connectivity index (χ3v) is 6.82. The fourth-order valence-electron chi connectivity index (χ4n) is 2.57. The van der Waals surface area contributed by atoms with E-state index in [-0.39, 0.29) is 0 Å². The molecule has 0 saturated carbocycles. The molecule has 0 aliphatic heterocycles. The molecule has 4 rings (SSSR count). The van der Waals surface area contributed by atoms with Crippen molar-refractivity contribution in [2.75, 3.05) is 0 Å². The number of halogens is 3. The molecule has 0 atom stereocenters. The molecule has 0 N–H and O–H groups in total. The van der Waals surface area contributed by atoms with Gasteiger partial charge in [-0.25, -0.2) is 4.98 Å². The van der Waals surface area contributed by atoms with Gasteiger partial charge < -0.3 is 4.84 Å². The lowest BCUT2D eigenvalue weighted by atomic mass is 10.2. The summed E-state index contributed by atoms with van der Waals surface area (Å²) in [5.74, 6) is 0.785. The number of thioether (sulfide) groups is 1. The minimum absolute atomic E-state index is 0.298. The van der Waals surface area contributed by atoms with E-state index in [9.17, 15) is 0 Å². The molecule has 0 amide bonds. The third kappa shape index (κ3) is 5.08. The van der Waals surface area contributed by atoms with E-state index in [0.717, 1.165) is 32.0 Å². The average molecular weight is 483 g/mol. The molecule has 2 heterocycles. The van der Waals surface area contributed by atoms with Crippen LogP contribution in [0, 0.1) is 0 Å². The number of fused-ring (bicyclic) bond motifs is 1. The average Bonchev–Trinajstić information content (AvgIpc) is 3.29. The zero-order chi connectivity index (χ0) is 20.2. The van der Waals surface area contributed by atoms with Crippen LogP contribution in [0.4, 0.5) is 0 Å². The second-order valence-corrected chi connectivity index (χ2v) is 9.12. The summed E-state index contributed by atoms with van der Waals surface area (Å²) in [6, 6.07) is 13.2. The van der Waals surface area contributed by atoms with Crippen LogP contribution in [0.3, 0.4) is 0 Å². The Morgan fingerprint density at radius 1 is 1.07 bits per heavy atom. The summed E-state index contributed by atoms with van der Waals surface area (Å²) in [6.07, 6.45) is 3.66. The Kier molecular flexibility index (Phi) is 6.67. The minimum Gasteiger partial charge on any atom is -0.391 e. The first-order chi connectivity index (χ1) is 14.1. The highest BCUT2D eigenvalue weighted by molar-refractivity contribution is 7.98. The topological polar surface area (TPSA) is 38.9 Å². The van der Waals surface area contributed by atoms with Gasteiger partial charge in [-0.1, -0.05) is 69.9 Å². The Morgan fingerprint density at radius 3 is 2.66 bits per heavy atom. The number of aromatic nitrogens is 2. The van der Waals surface area contributed by atoms with Crippen LogP contribution in [0.15, 0.2) is 64.2 Å². The van der Waals surface area contributed by atoms with Crippen LogP contribution in [-0.4, -0.2) is 15.6 Å². The molecule has 9 heteroatoms. The van der Waals surface area contributed by atoms with Gasteiger partial charge in [-0.3, -0.25) is 4.40 Å². The maximum Gasteiger partial charge on any atom is 0.195 e. The van der Waals surface area contributed by atoms with Crippen molar-refractivity contribution in [1.82, 2.24) is 9.38 Å². The smallest absolute Gasteiger partial charge is 0.195 e. The molecule has 0 unspecified atom stereocenters. The molecule has 4 nitrogen and oxygen atoms in total. The normalized spacial score (nSPS) is 11.6. The number of hydrogen-bond donors (Lipinski definition) is 0. The maximum absolute atomic E-state index is 6.03. The van der Waals surface area contributed by atoms with Crippen molar-refractivity contribution in [3.63, 3.8) is 0 Å². The van der Waals surface area contributed by atoms with Crippen LogP contribution in [-0.2, 0) is 17.2 Å². The van der Waals surface area contributed by atoms with E-state index in [0.29, 0.717) is 16.7 Å². The number of thiazole rings is 1. The molecule has 0 aliphatic rings. The van der Waals surface area contributed by atoms with Gasteiger partial charge in [-0.2, -0.15) is 0 Å². The predicted octanol–water partition coefficient (Wildman–Crippen LogP) is 7.20. The van der Waals surface area contributed by atoms with Gasteiger partial charge in [0.25, 0.3) is 0 Å². The van der Waals surface area contributed by atoms with E-state index < -0.39 is 0 Å². The van der Waals surface area contributed by atoms with Gasteiger partial charge in [0, 0.05) is 22.4 Å². The second kappa shape index (κ2) is 9.41. The monoisotopic (exact) mass is 481 g/mol. The molecule has 0 fully saturated rings. The highest BCUT2D eigenvalue weighted by atomic mass is 35.5. The van der Waals surface area contributed by atoms with E-state index in [1.807, 2.05) is 46.3 Å². The number of hydrogen-bond acceptors (Lipinski definition) is 5. The largest absolute Gasteiger partial charge is 0.391 e. The summed E-state index contributed by atoms with van der Waals surface area (Å²) >= 11 is 21.1. The summed E-state index contributed by atoms with van der Waals surface area (Å²) in [4.78, 5) is 11.1. The summed E-state index contributed by atoms with van der Waals surface area (Å²) in [7, 11) is 0. The quantitative estimate of drug-likeness (QED) is 0.159. The minimum atomic E-state index is 0.298. The van der Waals surface area contributed by atoms with Gasteiger partial charge in [-0.05, 0) is 35.4 Å². The van der Waals surface area contributed by atoms with E-state index in [4.69, 9.17) is 44.6 Å². The molecule has 4 aromatic rings. The van der Waals surface area contributed by atoms with E-state index in [2.05, 4.69) is 5.16 Å². The van der Waals surface area contributed by atoms with Crippen molar-refractivity contribution in [3.8, 4) is 0 Å². The van der Waals surface area contributed by atoms with Crippen molar-refractivity contribution in [2.24, 2.45) is 5.16 Å². The SMILES string of the molecule is Clc1ccc(CSc2nc3sccn3c2/C=N\OCc2ccc(Cl)c(Cl)c2)cc1. The Balaban J connectivity index is 1.46. The number of benzene rings is 2. The van der Waals surface area contributed by atoms with E-state index >= 15 is 0 Å². The highest BCUT2D eigenvalue weighted by Gasteiger charge is 2.12. The van der Waals surface area contributed by atoms with Crippen LogP contribution in [0.1, 0.15) is 16.8 Å². The summed E-state index contributed by atoms with van der Waals surface area (Å²) in [5.41, 5.74) is 2.95. The first-order valence-corrected chi connectivity index (χ1v) is 11.5. The lowest BCUT2D eigenvalue weighted by Gasteiger charge is -2.03. The van der Waals surface area contributed by atoms with Gasteiger partial charge in [0.2, 0.25) is 0 Å². The number of imidazole rings is 1. The molecular weight excluding hydrogens is 469 g/mol. The second-order valence-electron chi connectivity index (χ2n) is 6.03. The maximum atomic E-state index is 6.03. The first-order valence-electron chi connectivity index (χ1n) is 8.52. The van der Waals surface area contributed by atoms with Crippen LogP contribution in [0.2, 0.25) is 15.1 Å². The summed E-state index contributed by atoms with van der Waals surface area (Å²) in [5, 5.41) is 8.75. The lowest BCUT2D eigenvalue weighted by molar-refractivity contribution is 0.132. The molecule has 0 aliphatic carbocycles. The van der Waals surface area contributed by atoms with Gasteiger partial charge in [0.15, 0.2) is 4.96 Å². The van der Waals surface area contributed by atoms with Gasteiger partial charge in [0.1, 0.15) is 17.3 Å². The van der Waals surface area contributed by atoms with Crippen LogP contribution in [0.25, 0.3) is 4.96 Å². The fourth-order valence-corrected chi connectivity index (χ4v) is 4.74. The molecule has 0 bridgehead atoms. The number of oxime groups is 1. The standard InChI is InChI=1S/C20H14Cl3N3OS2/c21-15-4-1-13(2-5-15)12-29-19-18(26-7-8-28-20(26)25-19)10-24-27-11-14-3-6-16(22)17(23)9-14/h1-10H,11-12H2/b24-10-. The van der Waals surface area contributed by atoms with Crippen molar-refractivity contribution in [2.45, 2.75) is 17.4 Å². The van der Waals surface area contributed by atoms with Crippen LogP contribution < -0.4 is 0 Å². The fraction of sp³-hybridized carbons (Fsp3) is 0.100. The lowest BCUT2D eigenvalue weighted by Crippen LogP contribution is -1.93. The Labute approximate surface area is 191 Å². The van der Waals surface area contributed by atoms with Gasteiger partial charge in [0.05, 0.1) is 16.3 Å². The number of rotatable bonds is 7. The molecule has 0 radical (unpaired) electrons. The van der Waals surface area contributed by atoms with E-state index in [1.54, 1.807) is 41.4 Å². The Hall–Kier alpha value is -1.70. The molecule has 0 spiro atoms. The zero-order valence-corrected chi connectivity index (χ0v) is 18.8. The molecule has 2 aromatic heterocycles. The van der Waals surface area contributed by atoms with Crippen molar-refractivity contribution >= 4 is 69.1 Å². The summed E-state index contributed by atoms with van der Waals surface area (Å²) in [6.45, 7) is 0.298. The van der Waals surface area contributed by atoms with E-state index in [1.165, 1.54) is 5.56 Å². The van der Waals surface area contributed by atoms with Crippen molar-refractivity contribution in [3.05, 3.63) is 85.9 Å². The van der Waals surface area contributed by atoms with Crippen LogP contribution in [0.5, 0.6) is 0 Å². The molecule has 2 aromatic carbocycles. The van der Waals surface area contributed by atoms with Crippen LogP contribution >= 0.6 is 57.9 Å². The Bertz CT molecular complexity index is 1160. The molecule has 29 heavy (non-hydrogen) atoms. The Morgan fingerprint density at radius 2 is 1.86 bits per heavy atom. The van der Waals surface area contributed by atoms with Crippen molar-refractivity contribution in [1.29, 1.82) is 0 Å². The van der Waals surface area contributed by atoms with Gasteiger partial charge >= 0.3 is 0 Å².